The molecule has 2 atom stereocenters. The number of anilines is 1. The molecule has 0 amide bonds. The van der Waals surface area contributed by atoms with Crippen LogP contribution >= 0.6 is 0 Å². The van der Waals surface area contributed by atoms with Crippen molar-refractivity contribution in [1.29, 1.82) is 0 Å². The molecule has 0 saturated carbocycles. The summed E-state index contributed by atoms with van der Waals surface area (Å²) in [6.45, 7) is 0.317. The van der Waals surface area contributed by atoms with Crippen LogP contribution in [0.15, 0.2) is 48.7 Å². The number of nitrogens with two attached hydrogens (primary N) is 1. The van der Waals surface area contributed by atoms with Gasteiger partial charge in [-0.3, -0.25) is 4.79 Å². The Morgan fingerprint density at radius 2 is 2.09 bits per heavy atom. The first-order valence-electron chi connectivity index (χ1n) is 10.5. The van der Waals surface area contributed by atoms with Crippen LogP contribution in [0, 0.1) is 11.6 Å². The molecule has 3 N–H and O–H groups in total. The van der Waals surface area contributed by atoms with Gasteiger partial charge in [-0.05, 0) is 42.3 Å². The van der Waals surface area contributed by atoms with Crippen LogP contribution in [0.4, 0.5) is 14.5 Å². The Kier molecular flexibility index (Phi) is 6.62. The third kappa shape index (κ3) is 4.69. The van der Waals surface area contributed by atoms with Crippen LogP contribution in [0.1, 0.15) is 22.5 Å². The van der Waals surface area contributed by atoms with Crippen molar-refractivity contribution in [2.45, 2.75) is 24.9 Å². The molecule has 1 fully saturated rings. The van der Waals surface area contributed by atoms with Crippen LogP contribution in [0.5, 0.6) is 5.75 Å². The average molecular weight is 454 g/mol. The van der Waals surface area contributed by atoms with E-state index in [1.165, 1.54) is 43.6 Å². The summed E-state index contributed by atoms with van der Waals surface area (Å²) >= 11 is 0. The number of Topliss-reactive ketones (excluding diaryl/α,β-unsaturated/α-hetero) is 1. The van der Waals surface area contributed by atoms with Crippen molar-refractivity contribution in [1.82, 2.24) is 9.97 Å². The monoisotopic (exact) mass is 454 g/mol. The summed E-state index contributed by atoms with van der Waals surface area (Å²) in [5, 5.41) is 9.72. The molecule has 172 valence electrons. The number of aliphatic hydroxyl groups excluding tert-OH is 1. The highest BCUT2D eigenvalue weighted by molar-refractivity contribution is 5.97. The summed E-state index contributed by atoms with van der Waals surface area (Å²) in [7, 11) is 1.41. The van der Waals surface area contributed by atoms with Gasteiger partial charge in [0.15, 0.2) is 11.6 Å². The maximum absolute atomic E-state index is 14.5. The molecule has 1 aliphatic rings. The summed E-state index contributed by atoms with van der Waals surface area (Å²) in [6.07, 6.45) is 1.89. The lowest BCUT2D eigenvalue weighted by molar-refractivity contribution is 0.0988. The third-order valence-electron chi connectivity index (χ3n) is 5.73. The molecule has 9 heteroatoms. The van der Waals surface area contributed by atoms with Gasteiger partial charge in [0, 0.05) is 30.9 Å². The van der Waals surface area contributed by atoms with E-state index in [-0.39, 0.29) is 53.7 Å². The Bertz CT molecular complexity index is 1170. The first-order valence-corrected chi connectivity index (χ1v) is 10.5. The largest absolute Gasteiger partial charge is 0.496 e. The minimum Gasteiger partial charge on any atom is -0.496 e. The van der Waals surface area contributed by atoms with Crippen LogP contribution < -0.4 is 15.4 Å². The van der Waals surface area contributed by atoms with E-state index in [4.69, 9.17) is 10.5 Å². The fourth-order valence-electron chi connectivity index (χ4n) is 4.16. The number of ketones is 1. The second-order valence-corrected chi connectivity index (χ2v) is 7.94. The standard InChI is InChI=1S/C24H24F2N4O3/c1-33-22-4-2-3-18(26)23(22)24-28-8-7-19(29-24)21(32)9-14-5-6-15(25)10-20(14)30-12-16(27)11-17(30)13-31/h2-8,10,16-17,31H,9,11-13,27H2,1H3/t16-,17-/m0/s1. The zero-order valence-electron chi connectivity index (χ0n) is 18.0. The quantitative estimate of drug-likeness (QED) is 0.530. The predicted molar refractivity (Wildman–Crippen MR) is 119 cm³/mol. The first-order chi connectivity index (χ1) is 15.9. The number of aromatic nitrogens is 2. The number of carbonyl (C=O) groups excluding carboxylic acids is 1. The van der Waals surface area contributed by atoms with Gasteiger partial charge < -0.3 is 20.5 Å². The zero-order valence-corrected chi connectivity index (χ0v) is 18.0. The topological polar surface area (TPSA) is 102 Å². The number of aliphatic hydroxyl groups is 1. The Hall–Kier alpha value is -3.43. The van der Waals surface area contributed by atoms with Gasteiger partial charge in [-0.2, -0.15) is 0 Å². The molecular formula is C24H24F2N4O3. The summed E-state index contributed by atoms with van der Waals surface area (Å²) in [5.41, 5.74) is 7.30. The lowest BCUT2D eigenvalue weighted by Gasteiger charge is -2.27. The van der Waals surface area contributed by atoms with Crippen molar-refractivity contribution in [3.8, 4) is 17.1 Å². The van der Waals surface area contributed by atoms with E-state index in [1.807, 2.05) is 4.90 Å². The van der Waals surface area contributed by atoms with Crippen LogP contribution in [0.2, 0.25) is 0 Å². The minimum atomic E-state index is -0.569. The highest BCUT2D eigenvalue weighted by Crippen LogP contribution is 2.32. The second-order valence-electron chi connectivity index (χ2n) is 7.94. The van der Waals surface area contributed by atoms with Crippen molar-refractivity contribution in [3.63, 3.8) is 0 Å². The van der Waals surface area contributed by atoms with E-state index in [0.29, 0.717) is 24.2 Å². The van der Waals surface area contributed by atoms with Gasteiger partial charge in [0.05, 0.1) is 25.3 Å². The Balaban J connectivity index is 1.65. The number of methoxy groups -OCH3 is 1. The summed E-state index contributed by atoms with van der Waals surface area (Å²) in [6, 6.07) is 9.56. The number of carbonyl (C=O) groups is 1. The lowest BCUT2D eigenvalue weighted by atomic mass is 10.0. The van der Waals surface area contributed by atoms with E-state index in [0.717, 1.165) is 0 Å². The maximum atomic E-state index is 14.5. The number of rotatable bonds is 7. The van der Waals surface area contributed by atoms with Gasteiger partial charge in [0.25, 0.3) is 0 Å². The Labute approximate surface area is 189 Å². The fourth-order valence-corrected chi connectivity index (χ4v) is 4.16. The van der Waals surface area contributed by atoms with E-state index in [1.54, 1.807) is 12.1 Å². The number of halogens is 2. The first kappa shape index (κ1) is 22.8. The maximum Gasteiger partial charge on any atom is 0.185 e. The molecule has 0 spiro atoms. The molecule has 0 unspecified atom stereocenters. The van der Waals surface area contributed by atoms with Gasteiger partial charge in [-0.1, -0.05) is 12.1 Å². The van der Waals surface area contributed by atoms with Crippen molar-refractivity contribution < 1.29 is 23.4 Å². The van der Waals surface area contributed by atoms with Crippen molar-refractivity contribution in [3.05, 3.63) is 71.6 Å². The van der Waals surface area contributed by atoms with Crippen LogP contribution in [0.3, 0.4) is 0 Å². The molecule has 7 nitrogen and oxygen atoms in total. The highest BCUT2D eigenvalue weighted by atomic mass is 19.1. The summed E-state index contributed by atoms with van der Waals surface area (Å²) in [5.74, 6) is -1.08. The predicted octanol–water partition coefficient (Wildman–Crippen LogP) is 2.75. The molecule has 1 aliphatic heterocycles. The number of nitrogens with zero attached hydrogens (tertiary/aromatic N) is 3. The lowest BCUT2D eigenvalue weighted by Crippen LogP contribution is -2.34. The van der Waals surface area contributed by atoms with E-state index in [9.17, 15) is 18.7 Å². The van der Waals surface area contributed by atoms with Gasteiger partial charge in [-0.25, -0.2) is 18.7 Å². The number of benzene rings is 2. The normalized spacial score (nSPS) is 17.9. The fraction of sp³-hybridized carbons (Fsp3) is 0.292. The Morgan fingerprint density at radius 1 is 1.27 bits per heavy atom. The van der Waals surface area contributed by atoms with Gasteiger partial charge in [0.1, 0.15) is 23.1 Å². The third-order valence-corrected chi connectivity index (χ3v) is 5.73. The van der Waals surface area contributed by atoms with Crippen LogP contribution in [0.25, 0.3) is 11.4 Å². The molecule has 0 bridgehead atoms. The number of hydrogen-bond acceptors (Lipinski definition) is 7. The second kappa shape index (κ2) is 9.60. The van der Waals surface area contributed by atoms with E-state index < -0.39 is 11.6 Å². The van der Waals surface area contributed by atoms with E-state index >= 15 is 0 Å². The molecule has 1 saturated heterocycles. The Morgan fingerprint density at radius 3 is 2.85 bits per heavy atom. The zero-order chi connectivity index (χ0) is 23.5. The molecule has 2 aromatic carbocycles. The molecule has 2 heterocycles. The van der Waals surface area contributed by atoms with Gasteiger partial charge >= 0.3 is 0 Å². The number of ether oxygens (including phenoxy) is 1. The van der Waals surface area contributed by atoms with Crippen LogP contribution in [-0.2, 0) is 6.42 Å². The molecule has 3 aromatic rings. The molecule has 1 aromatic heterocycles. The number of hydrogen-bond donors (Lipinski definition) is 2. The average Bonchev–Trinajstić information content (AvgIpc) is 3.20. The van der Waals surface area contributed by atoms with Crippen molar-refractivity contribution >= 4 is 11.5 Å². The van der Waals surface area contributed by atoms with Gasteiger partial charge in [0.2, 0.25) is 0 Å². The summed E-state index contributed by atoms with van der Waals surface area (Å²) in [4.78, 5) is 23.3. The molecule has 0 aliphatic carbocycles. The highest BCUT2D eigenvalue weighted by Gasteiger charge is 2.31. The van der Waals surface area contributed by atoms with Crippen molar-refractivity contribution in [2.75, 3.05) is 25.2 Å². The van der Waals surface area contributed by atoms with Crippen molar-refractivity contribution in [2.24, 2.45) is 5.73 Å². The smallest absolute Gasteiger partial charge is 0.185 e. The minimum absolute atomic E-state index is 0.0287. The molecular weight excluding hydrogens is 430 g/mol. The molecule has 4 rings (SSSR count). The molecule has 0 radical (unpaired) electrons. The molecule has 33 heavy (non-hydrogen) atoms. The van der Waals surface area contributed by atoms with E-state index in [2.05, 4.69) is 9.97 Å². The van der Waals surface area contributed by atoms with Gasteiger partial charge in [-0.15, -0.1) is 0 Å². The van der Waals surface area contributed by atoms with Crippen LogP contribution in [-0.4, -0.2) is 53.2 Å². The summed E-state index contributed by atoms with van der Waals surface area (Å²) < 4.78 is 33.7. The SMILES string of the molecule is COc1cccc(F)c1-c1nccc(C(=O)Cc2ccc(F)cc2N2C[C@@H](N)C[C@H]2CO)n1.